The van der Waals surface area contributed by atoms with E-state index in [9.17, 15) is 18.0 Å². The molecule has 0 bridgehead atoms. The summed E-state index contributed by atoms with van der Waals surface area (Å²) < 4.78 is 37.8. The van der Waals surface area contributed by atoms with Gasteiger partial charge in [-0.15, -0.1) is 0 Å². The number of aromatic carboxylic acids is 1. The van der Waals surface area contributed by atoms with Crippen molar-refractivity contribution < 1.29 is 23.1 Å². The molecule has 2 rings (SSSR count). The summed E-state index contributed by atoms with van der Waals surface area (Å²) in [5.74, 6) is -1.60. The zero-order valence-electron chi connectivity index (χ0n) is 9.25. The van der Waals surface area contributed by atoms with Crippen molar-refractivity contribution in [3.63, 3.8) is 0 Å². The lowest BCUT2D eigenvalue weighted by molar-refractivity contribution is -0.141. The van der Waals surface area contributed by atoms with Crippen LogP contribution in [0.5, 0.6) is 0 Å². The number of alkyl halides is 3. The molecule has 0 spiro atoms. The first-order chi connectivity index (χ1) is 8.38. The SMILES string of the molecule is O=C(O)c1sc(NC2CCCC2)nc1C(F)(F)F. The molecule has 8 heteroatoms. The first kappa shape index (κ1) is 13.1. The fourth-order valence-electron chi connectivity index (χ4n) is 1.96. The third-order valence-corrected chi connectivity index (χ3v) is 3.75. The summed E-state index contributed by atoms with van der Waals surface area (Å²) >= 11 is 0.540. The lowest BCUT2D eigenvalue weighted by Crippen LogP contribution is -2.15. The summed E-state index contributed by atoms with van der Waals surface area (Å²) in [6.07, 6.45) is -0.922. The van der Waals surface area contributed by atoms with E-state index in [1.165, 1.54) is 0 Å². The number of hydrogen-bond donors (Lipinski definition) is 2. The third-order valence-electron chi connectivity index (χ3n) is 2.77. The van der Waals surface area contributed by atoms with E-state index < -0.39 is 22.7 Å². The quantitative estimate of drug-likeness (QED) is 0.892. The van der Waals surface area contributed by atoms with Crippen molar-refractivity contribution in [3.05, 3.63) is 10.6 Å². The minimum absolute atomic E-state index is 0.0339. The minimum atomic E-state index is -4.74. The second-order valence-corrected chi connectivity index (χ2v) is 5.12. The van der Waals surface area contributed by atoms with Gasteiger partial charge in [-0.2, -0.15) is 13.2 Å². The molecule has 0 aliphatic heterocycles. The molecule has 0 aromatic carbocycles. The summed E-state index contributed by atoms with van der Waals surface area (Å²) in [4.78, 5) is 13.4. The van der Waals surface area contributed by atoms with Crippen molar-refractivity contribution in [1.29, 1.82) is 0 Å². The maximum atomic E-state index is 12.6. The van der Waals surface area contributed by atoms with Crippen LogP contribution in [0.1, 0.15) is 41.0 Å². The van der Waals surface area contributed by atoms with Crippen LogP contribution in [0.3, 0.4) is 0 Å². The molecule has 1 aliphatic rings. The Labute approximate surface area is 105 Å². The van der Waals surface area contributed by atoms with Gasteiger partial charge in [0.25, 0.3) is 0 Å². The lowest BCUT2D eigenvalue weighted by atomic mass is 10.3. The monoisotopic (exact) mass is 280 g/mol. The van der Waals surface area contributed by atoms with Crippen LogP contribution in [0.2, 0.25) is 0 Å². The number of anilines is 1. The van der Waals surface area contributed by atoms with Crippen LogP contribution >= 0.6 is 11.3 Å². The Bertz CT molecular complexity index is 452. The molecule has 1 heterocycles. The molecule has 4 nitrogen and oxygen atoms in total. The van der Waals surface area contributed by atoms with Crippen molar-refractivity contribution in [3.8, 4) is 0 Å². The number of nitrogens with zero attached hydrogens (tertiary/aromatic N) is 1. The van der Waals surface area contributed by atoms with E-state index in [2.05, 4.69) is 10.3 Å². The summed E-state index contributed by atoms with van der Waals surface area (Å²) in [7, 11) is 0. The zero-order chi connectivity index (χ0) is 13.3. The predicted molar refractivity (Wildman–Crippen MR) is 60.0 cm³/mol. The summed E-state index contributed by atoms with van der Waals surface area (Å²) in [5, 5.41) is 11.7. The number of aromatic nitrogens is 1. The van der Waals surface area contributed by atoms with Crippen LogP contribution in [-0.2, 0) is 6.18 Å². The highest BCUT2D eigenvalue weighted by atomic mass is 32.1. The predicted octanol–water partition coefficient (Wildman–Crippen LogP) is 3.21. The third kappa shape index (κ3) is 2.74. The van der Waals surface area contributed by atoms with Gasteiger partial charge in [-0.3, -0.25) is 0 Å². The Morgan fingerprint density at radius 1 is 1.39 bits per heavy atom. The van der Waals surface area contributed by atoms with E-state index >= 15 is 0 Å². The smallest absolute Gasteiger partial charge is 0.435 e. The number of carbonyl (C=O) groups is 1. The minimum Gasteiger partial charge on any atom is -0.477 e. The average molecular weight is 280 g/mol. The van der Waals surface area contributed by atoms with Crippen molar-refractivity contribution in [2.45, 2.75) is 37.9 Å². The maximum Gasteiger partial charge on any atom is 0.435 e. The number of carboxylic acid groups (broad SMARTS) is 1. The molecule has 18 heavy (non-hydrogen) atoms. The Morgan fingerprint density at radius 2 is 2.00 bits per heavy atom. The van der Waals surface area contributed by atoms with Gasteiger partial charge < -0.3 is 10.4 Å². The summed E-state index contributed by atoms with van der Waals surface area (Å²) in [6, 6.07) is 0.0962. The Morgan fingerprint density at radius 3 is 2.44 bits per heavy atom. The van der Waals surface area contributed by atoms with Gasteiger partial charge in [-0.05, 0) is 12.8 Å². The topological polar surface area (TPSA) is 62.2 Å². The molecule has 0 unspecified atom stereocenters. The van der Waals surface area contributed by atoms with E-state index in [-0.39, 0.29) is 11.2 Å². The van der Waals surface area contributed by atoms with E-state index in [1.54, 1.807) is 0 Å². The van der Waals surface area contributed by atoms with Crippen LogP contribution in [-0.4, -0.2) is 22.1 Å². The molecule has 0 saturated heterocycles. The molecule has 0 atom stereocenters. The van der Waals surface area contributed by atoms with Gasteiger partial charge in [0.05, 0.1) is 0 Å². The molecule has 1 fully saturated rings. The van der Waals surface area contributed by atoms with Gasteiger partial charge in [0.2, 0.25) is 0 Å². The number of nitrogens with one attached hydrogen (secondary N) is 1. The van der Waals surface area contributed by atoms with Gasteiger partial charge in [0, 0.05) is 6.04 Å². The van der Waals surface area contributed by atoms with Gasteiger partial charge in [0.1, 0.15) is 4.88 Å². The van der Waals surface area contributed by atoms with Crippen LogP contribution in [0.15, 0.2) is 0 Å². The number of hydrogen-bond acceptors (Lipinski definition) is 4. The Hall–Kier alpha value is -1.31. The fourth-order valence-corrected chi connectivity index (χ4v) is 2.86. The Balaban J connectivity index is 2.24. The second kappa shape index (κ2) is 4.75. The van der Waals surface area contributed by atoms with Crippen molar-refractivity contribution in [1.82, 2.24) is 4.98 Å². The van der Waals surface area contributed by atoms with Crippen LogP contribution in [0.25, 0.3) is 0 Å². The van der Waals surface area contributed by atoms with E-state index in [0.717, 1.165) is 25.7 Å². The molecule has 1 aliphatic carbocycles. The van der Waals surface area contributed by atoms with Gasteiger partial charge in [0.15, 0.2) is 10.8 Å². The number of halogens is 3. The molecule has 1 saturated carbocycles. The van der Waals surface area contributed by atoms with Gasteiger partial charge >= 0.3 is 12.1 Å². The van der Waals surface area contributed by atoms with Crippen LogP contribution in [0.4, 0.5) is 18.3 Å². The standard InChI is InChI=1S/C10H11F3N2O2S/c11-10(12,13)7-6(8(16)17)18-9(15-7)14-5-3-1-2-4-5/h5H,1-4H2,(H,14,15)(H,16,17). The van der Waals surface area contributed by atoms with E-state index in [4.69, 9.17) is 5.11 Å². The fraction of sp³-hybridized carbons (Fsp3) is 0.600. The number of carboxylic acids is 1. The number of thiazole rings is 1. The zero-order valence-corrected chi connectivity index (χ0v) is 10.1. The molecule has 2 N–H and O–H groups in total. The Kier molecular flexibility index (Phi) is 3.47. The normalized spacial score (nSPS) is 17.1. The van der Waals surface area contributed by atoms with Gasteiger partial charge in [-0.1, -0.05) is 24.2 Å². The van der Waals surface area contributed by atoms with E-state index in [1.807, 2.05) is 0 Å². The van der Waals surface area contributed by atoms with Crippen molar-refractivity contribution in [2.24, 2.45) is 0 Å². The molecule has 0 amide bonds. The van der Waals surface area contributed by atoms with Gasteiger partial charge in [-0.25, -0.2) is 9.78 Å². The maximum absolute atomic E-state index is 12.6. The molecular weight excluding hydrogens is 269 g/mol. The highest BCUT2D eigenvalue weighted by Gasteiger charge is 2.40. The highest BCUT2D eigenvalue weighted by molar-refractivity contribution is 7.17. The molecule has 1 aromatic rings. The molecular formula is C10H11F3N2O2S. The van der Waals surface area contributed by atoms with Crippen molar-refractivity contribution >= 4 is 22.4 Å². The average Bonchev–Trinajstić information content (AvgIpc) is 2.85. The largest absolute Gasteiger partial charge is 0.477 e. The lowest BCUT2D eigenvalue weighted by Gasteiger charge is -2.09. The summed E-state index contributed by atoms with van der Waals surface area (Å²) in [5.41, 5.74) is -1.32. The van der Waals surface area contributed by atoms with Crippen molar-refractivity contribution in [2.75, 3.05) is 5.32 Å². The molecule has 0 radical (unpaired) electrons. The van der Waals surface area contributed by atoms with Crippen LogP contribution < -0.4 is 5.32 Å². The van der Waals surface area contributed by atoms with Crippen LogP contribution in [0, 0.1) is 0 Å². The first-order valence-electron chi connectivity index (χ1n) is 5.46. The number of rotatable bonds is 3. The second-order valence-electron chi connectivity index (χ2n) is 4.13. The molecule has 100 valence electrons. The highest BCUT2D eigenvalue weighted by Crippen LogP contribution is 2.37. The summed E-state index contributed by atoms with van der Waals surface area (Å²) in [6.45, 7) is 0. The first-order valence-corrected chi connectivity index (χ1v) is 6.27. The van der Waals surface area contributed by atoms with E-state index in [0.29, 0.717) is 11.3 Å². The molecule has 1 aromatic heterocycles.